The van der Waals surface area contributed by atoms with E-state index < -0.39 is 29.7 Å². The molecule has 1 atom stereocenters. The summed E-state index contributed by atoms with van der Waals surface area (Å²) in [6, 6.07) is 2.14. The second-order valence-electron chi connectivity index (χ2n) is 4.87. The Morgan fingerprint density at radius 2 is 1.74 bits per heavy atom. The normalized spacial score (nSPS) is 12.5. The second-order valence-corrected chi connectivity index (χ2v) is 4.87. The van der Waals surface area contributed by atoms with Crippen LogP contribution in [0.4, 0.5) is 13.2 Å². The SMILES string of the molecule is CCC(=O)CC[C@H](NC(=O)c1ccc(C(F)(F)F)cc1)C(=O)O. The van der Waals surface area contributed by atoms with Gasteiger partial charge in [0, 0.05) is 18.4 Å². The molecule has 0 bridgehead atoms. The van der Waals surface area contributed by atoms with Crippen LogP contribution in [0.25, 0.3) is 0 Å². The zero-order valence-electron chi connectivity index (χ0n) is 12.3. The zero-order chi connectivity index (χ0) is 17.6. The summed E-state index contributed by atoms with van der Waals surface area (Å²) in [7, 11) is 0. The summed E-state index contributed by atoms with van der Waals surface area (Å²) in [4.78, 5) is 34.2. The van der Waals surface area contributed by atoms with Crippen molar-refractivity contribution in [3.05, 3.63) is 35.4 Å². The van der Waals surface area contributed by atoms with Gasteiger partial charge in [0.2, 0.25) is 0 Å². The number of hydrogen-bond donors (Lipinski definition) is 2. The monoisotopic (exact) mass is 331 g/mol. The van der Waals surface area contributed by atoms with Crippen molar-refractivity contribution in [2.75, 3.05) is 0 Å². The van der Waals surface area contributed by atoms with Crippen LogP contribution in [-0.4, -0.2) is 28.8 Å². The number of ketones is 1. The van der Waals surface area contributed by atoms with Gasteiger partial charge in [-0.2, -0.15) is 13.2 Å². The summed E-state index contributed by atoms with van der Waals surface area (Å²) in [5.74, 6) is -2.26. The molecule has 0 aromatic heterocycles. The Hall–Kier alpha value is -2.38. The van der Waals surface area contributed by atoms with Gasteiger partial charge in [-0.1, -0.05) is 6.92 Å². The topological polar surface area (TPSA) is 83.5 Å². The summed E-state index contributed by atoms with van der Waals surface area (Å²) in [5.41, 5.74) is -0.997. The smallest absolute Gasteiger partial charge is 0.416 e. The molecule has 0 heterocycles. The van der Waals surface area contributed by atoms with Crippen LogP contribution in [-0.2, 0) is 15.8 Å². The highest BCUT2D eigenvalue weighted by Crippen LogP contribution is 2.29. The van der Waals surface area contributed by atoms with Crippen molar-refractivity contribution in [2.45, 2.75) is 38.4 Å². The summed E-state index contributed by atoms with van der Waals surface area (Å²) in [5, 5.41) is 11.2. The highest BCUT2D eigenvalue weighted by molar-refractivity contribution is 5.96. The van der Waals surface area contributed by atoms with Crippen molar-refractivity contribution in [1.29, 1.82) is 0 Å². The Balaban J connectivity index is 2.75. The summed E-state index contributed by atoms with van der Waals surface area (Å²) in [6.45, 7) is 1.64. The van der Waals surface area contributed by atoms with Crippen LogP contribution in [0, 0.1) is 0 Å². The van der Waals surface area contributed by atoms with E-state index in [-0.39, 0.29) is 30.6 Å². The van der Waals surface area contributed by atoms with E-state index in [9.17, 15) is 27.6 Å². The fraction of sp³-hybridized carbons (Fsp3) is 0.400. The summed E-state index contributed by atoms with van der Waals surface area (Å²) >= 11 is 0. The minimum atomic E-state index is -4.51. The number of amides is 1. The maximum Gasteiger partial charge on any atom is 0.416 e. The highest BCUT2D eigenvalue weighted by Gasteiger charge is 2.30. The van der Waals surface area contributed by atoms with Crippen molar-refractivity contribution in [3.63, 3.8) is 0 Å². The standard InChI is InChI=1S/C15H16F3NO4/c1-2-11(20)7-8-12(14(22)23)19-13(21)9-3-5-10(6-4-9)15(16,17)18/h3-6,12H,2,7-8H2,1H3,(H,19,21)(H,22,23)/t12-/m0/s1. The van der Waals surface area contributed by atoms with Crippen LogP contribution in [0.1, 0.15) is 42.1 Å². The quantitative estimate of drug-likeness (QED) is 0.804. The Morgan fingerprint density at radius 1 is 1.17 bits per heavy atom. The van der Waals surface area contributed by atoms with Crippen molar-refractivity contribution in [3.8, 4) is 0 Å². The van der Waals surface area contributed by atoms with Gasteiger partial charge < -0.3 is 10.4 Å². The molecule has 0 fully saturated rings. The Bertz CT molecular complexity index is 581. The average Bonchev–Trinajstić information content (AvgIpc) is 2.49. The maximum absolute atomic E-state index is 12.4. The van der Waals surface area contributed by atoms with Crippen molar-refractivity contribution < 1.29 is 32.7 Å². The number of carboxylic acid groups (broad SMARTS) is 1. The molecule has 1 amide bonds. The molecule has 2 N–H and O–H groups in total. The molecule has 8 heteroatoms. The van der Waals surface area contributed by atoms with E-state index in [2.05, 4.69) is 5.32 Å². The molecule has 5 nitrogen and oxygen atoms in total. The van der Waals surface area contributed by atoms with Gasteiger partial charge in [0.25, 0.3) is 5.91 Å². The highest BCUT2D eigenvalue weighted by atomic mass is 19.4. The van der Waals surface area contributed by atoms with Gasteiger partial charge in [-0.3, -0.25) is 9.59 Å². The van der Waals surface area contributed by atoms with Gasteiger partial charge in [-0.25, -0.2) is 4.79 Å². The summed E-state index contributed by atoms with van der Waals surface area (Å²) in [6.07, 6.45) is -4.33. The third-order valence-corrected chi connectivity index (χ3v) is 3.18. The number of rotatable bonds is 7. The Morgan fingerprint density at radius 3 is 2.17 bits per heavy atom. The average molecular weight is 331 g/mol. The molecule has 126 valence electrons. The molecule has 1 aromatic carbocycles. The van der Waals surface area contributed by atoms with E-state index in [4.69, 9.17) is 5.11 Å². The molecule has 0 aliphatic rings. The maximum atomic E-state index is 12.4. The van der Waals surface area contributed by atoms with Crippen molar-refractivity contribution in [1.82, 2.24) is 5.32 Å². The van der Waals surface area contributed by atoms with Gasteiger partial charge in [-0.05, 0) is 30.7 Å². The molecule has 23 heavy (non-hydrogen) atoms. The molecule has 0 saturated heterocycles. The van der Waals surface area contributed by atoms with E-state index in [1.165, 1.54) is 0 Å². The number of hydrogen-bond acceptors (Lipinski definition) is 3. The van der Waals surface area contributed by atoms with E-state index in [0.29, 0.717) is 0 Å². The van der Waals surface area contributed by atoms with Crippen LogP contribution < -0.4 is 5.32 Å². The second kappa shape index (κ2) is 7.75. The fourth-order valence-corrected chi connectivity index (χ4v) is 1.79. The van der Waals surface area contributed by atoms with Crippen LogP contribution in [0.2, 0.25) is 0 Å². The molecule has 0 unspecified atom stereocenters. The van der Waals surface area contributed by atoms with Crippen LogP contribution in [0.3, 0.4) is 0 Å². The molecule has 0 aliphatic carbocycles. The zero-order valence-corrected chi connectivity index (χ0v) is 12.3. The first-order chi connectivity index (χ1) is 10.6. The molecule has 1 aromatic rings. The molecule has 0 spiro atoms. The van der Waals surface area contributed by atoms with Gasteiger partial charge in [-0.15, -0.1) is 0 Å². The van der Waals surface area contributed by atoms with Gasteiger partial charge in [0.15, 0.2) is 0 Å². The third kappa shape index (κ3) is 5.72. The number of carboxylic acids is 1. The van der Waals surface area contributed by atoms with Gasteiger partial charge >= 0.3 is 12.1 Å². The minimum absolute atomic E-state index is 0.000752. The number of alkyl halides is 3. The molecule has 1 rings (SSSR count). The van der Waals surface area contributed by atoms with Gasteiger partial charge in [0.1, 0.15) is 11.8 Å². The molecule has 0 saturated carbocycles. The Kier molecular flexibility index (Phi) is 6.29. The van der Waals surface area contributed by atoms with E-state index in [0.717, 1.165) is 24.3 Å². The first-order valence-corrected chi connectivity index (χ1v) is 6.87. The van der Waals surface area contributed by atoms with Crippen molar-refractivity contribution >= 4 is 17.7 Å². The predicted octanol–water partition coefficient (Wildman–Crippen LogP) is 2.65. The first kappa shape index (κ1) is 18.7. The predicted molar refractivity (Wildman–Crippen MR) is 74.9 cm³/mol. The number of carbonyl (C=O) groups is 3. The van der Waals surface area contributed by atoms with Crippen LogP contribution in [0.5, 0.6) is 0 Å². The van der Waals surface area contributed by atoms with E-state index in [1.807, 2.05) is 0 Å². The summed E-state index contributed by atoms with van der Waals surface area (Å²) < 4.78 is 37.3. The molecular weight excluding hydrogens is 315 g/mol. The molecule has 0 aliphatic heterocycles. The van der Waals surface area contributed by atoms with Crippen molar-refractivity contribution in [2.24, 2.45) is 0 Å². The fourth-order valence-electron chi connectivity index (χ4n) is 1.79. The lowest BCUT2D eigenvalue weighted by Crippen LogP contribution is -2.41. The number of halogens is 3. The van der Waals surface area contributed by atoms with E-state index in [1.54, 1.807) is 6.92 Å². The number of carbonyl (C=O) groups excluding carboxylic acids is 2. The number of aliphatic carboxylic acids is 1. The lowest BCUT2D eigenvalue weighted by Gasteiger charge is -2.14. The number of benzene rings is 1. The number of nitrogens with one attached hydrogen (secondary N) is 1. The first-order valence-electron chi connectivity index (χ1n) is 6.87. The molecular formula is C15H16F3NO4. The Labute approximate surface area is 130 Å². The van der Waals surface area contributed by atoms with Crippen LogP contribution in [0.15, 0.2) is 24.3 Å². The lowest BCUT2D eigenvalue weighted by atomic mass is 10.1. The number of Topliss-reactive ketones (excluding diaryl/α,β-unsaturated/α-hetero) is 1. The minimum Gasteiger partial charge on any atom is -0.480 e. The molecule has 0 radical (unpaired) electrons. The third-order valence-electron chi connectivity index (χ3n) is 3.18. The largest absolute Gasteiger partial charge is 0.480 e. The van der Waals surface area contributed by atoms with E-state index >= 15 is 0 Å². The van der Waals surface area contributed by atoms with Gasteiger partial charge in [0.05, 0.1) is 5.56 Å². The lowest BCUT2D eigenvalue weighted by molar-refractivity contribution is -0.139. The van der Waals surface area contributed by atoms with Crippen LogP contribution >= 0.6 is 0 Å².